The van der Waals surface area contributed by atoms with Crippen LogP contribution in [-0.2, 0) is 16.6 Å². The van der Waals surface area contributed by atoms with E-state index in [2.05, 4.69) is 0 Å². The molecular weight excluding hydrogens is 305 g/mol. The summed E-state index contributed by atoms with van der Waals surface area (Å²) in [6.07, 6.45) is 0. The Morgan fingerprint density at radius 1 is 1.09 bits per heavy atom. The van der Waals surface area contributed by atoms with E-state index in [1.54, 1.807) is 6.07 Å². The average Bonchev–Trinajstić information content (AvgIpc) is 2.50. The first-order chi connectivity index (χ1) is 10.4. The van der Waals surface area contributed by atoms with Crippen molar-refractivity contribution in [3.63, 3.8) is 0 Å². The predicted octanol–water partition coefficient (Wildman–Crippen LogP) is 3.05. The molecule has 6 heteroatoms. The molecule has 0 saturated heterocycles. The molecule has 0 spiro atoms. The summed E-state index contributed by atoms with van der Waals surface area (Å²) in [5, 5.41) is 0. The molecule has 2 aromatic rings. The SMILES string of the molecule is CCOc1ccccc1CN(C)S(=O)(=O)c1ccc(F)cc1. The number of rotatable bonds is 6. The number of nitrogens with zero attached hydrogens (tertiary/aromatic N) is 1. The summed E-state index contributed by atoms with van der Waals surface area (Å²) in [7, 11) is -2.19. The van der Waals surface area contributed by atoms with Gasteiger partial charge in [0.05, 0.1) is 11.5 Å². The van der Waals surface area contributed by atoms with Gasteiger partial charge in [0.1, 0.15) is 11.6 Å². The van der Waals surface area contributed by atoms with Crippen LogP contribution in [0, 0.1) is 5.82 Å². The minimum Gasteiger partial charge on any atom is -0.494 e. The number of sulfonamides is 1. The van der Waals surface area contributed by atoms with E-state index in [1.165, 1.54) is 23.5 Å². The quantitative estimate of drug-likeness (QED) is 0.821. The summed E-state index contributed by atoms with van der Waals surface area (Å²) < 4.78 is 44.6. The Balaban J connectivity index is 2.24. The predicted molar refractivity (Wildman–Crippen MR) is 82.7 cm³/mol. The summed E-state index contributed by atoms with van der Waals surface area (Å²) in [5.74, 6) is 0.189. The van der Waals surface area contributed by atoms with Crippen molar-refractivity contribution < 1.29 is 17.5 Å². The number of benzene rings is 2. The summed E-state index contributed by atoms with van der Waals surface area (Å²) in [6.45, 7) is 2.55. The third-order valence-corrected chi connectivity index (χ3v) is 5.00. The smallest absolute Gasteiger partial charge is 0.243 e. The van der Waals surface area contributed by atoms with E-state index < -0.39 is 15.8 Å². The Labute approximate surface area is 130 Å². The van der Waals surface area contributed by atoms with E-state index in [4.69, 9.17) is 4.74 Å². The number of halogens is 1. The van der Waals surface area contributed by atoms with E-state index in [1.807, 2.05) is 25.1 Å². The van der Waals surface area contributed by atoms with Gasteiger partial charge in [-0.3, -0.25) is 0 Å². The molecule has 0 aliphatic rings. The van der Waals surface area contributed by atoms with Crippen molar-refractivity contribution in [2.24, 2.45) is 0 Å². The standard InChI is InChI=1S/C16H18FNO3S/c1-3-21-16-7-5-4-6-13(16)12-18(2)22(19,20)15-10-8-14(17)9-11-15/h4-11H,3,12H2,1-2H3. The average molecular weight is 323 g/mol. The largest absolute Gasteiger partial charge is 0.494 e. The molecule has 118 valence electrons. The van der Waals surface area contributed by atoms with Crippen LogP contribution in [0.5, 0.6) is 5.75 Å². The summed E-state index contributed by atoms with van der Waals surface area (Å²) in [5.41, 5.74) is 0.775. The molecule has 22 heavy (non-hydrogen) atoms. The lowest BCUT2D eigenvalue weighted by atomic mass is 10.2. The van der Waals surface area contributed by atoms with Crippen molar-refractivity contribution in [3.8, 4) is 5.75 Å². The van der Waals surface area contributed by atoms with Gasteiger partial charge in [0.2, 0.25) is 10.0 Å². The van der Waals surface area contributed by atoms with Gasteiger partial charge in [-0.25, -0.2) is 12.8 Å². The molecule has 0 aromatic heterocycles. The molecule has 0 radical (unpaired) electrons. The zero-order valence-corrected chi connectivity index (χ0v) is 13.3. The van der Waals surface area contributed by atoms with Gasteiger partial charge in [0.25, 0.3) is 0 Å². The second kappa shape index (κ2) is 6.89. The van der Waals surface area contributed by atoms with Gasteiger partial charge in [-0.15, -0.1) is 0 Å². The lowest BCUT2D eigenvalue weighted by Gasteiger charge is -2.19. The molecule has 0 aliphatic carbocycles. The highest BCUT2D eigenvalue weighted by Crippen LogP contribution is 2.23. The molecule has 0 N–H and O–H groups in total. The highest BCUT2D eigenvalue weighted by molar-refractivity contribution is 7.89. The minimum atomic E-state index is -3.67. The van der Waals surface area contributed by atoms with Crippen molar-refractivity contribution in [2.45, 2.75) is 18.4 Å². The van der Waals surface area contributed by atoms with Crippen molar-refractivity contribution in [1.82, 2.24) is 4.31 Å². The molecule has 0 bridgehead atoms. The zero-order chi connectivity index (χ0) is 16.2. The maximum atomic E-state index is 12.9. The first-order valence-electron chi connectivity index (χ1n) is 6.87. The molecule has 0 unspecified atom stereocenters. The first-order valence-corrected chi connectivity index (χ1v) is 8.31. The fourth-order valence-corrected chi connectivity index (χ4v) is 3.19. The summed E-state index contributed by atoms with van der Waals surface area (Å²) in [6, 6.07) is 12.1. The van der Waals surface area contributed by atoms with Gasteiger partial charge in [0.15, 0.2) is 0 Å². The van der Waals surface area contributed by atoms with Gasteiger partial charge >= 0.3 is 0 Å². The summed E-state index contributed by atoms with van der Waals surface area (Å²) >= 11 is 0. The molecule has 2 aromatic carbocycles. The number of hydrogen-bond acceptors (Lipinski definition) is 3. The van der Waals surface area contributed by atoms with Crippen molar-refractivity contribution in [3.05, 3.63) is 59.9 Å². The Morgan fingerprint density at radius 3 is 2.36 bits per heavy atom. The highest BCUT2D eigenvalue weighted by atomic mass is 32.2. The fraction of sp³-hybridized carbons (Fsp3) is 0.250. The molecule has 0 fully saturated rings. The topological polar surface area (TPSA) is 46.6 Å². The van der Waals surface area contributed by atoms with Crippen LogP contribution >= 0.6 is 0 Å². The third kappa shape index (κ3) is 3.64. The van der Waals surface area contributed by atoms with E-state index in [0.717, 1.165) is 17.7 Å². The first kappa shape index (κ1) is 16.5. The molecule has 4 nitrogen and oxygen atoms in total. The van der Waals surface area contributed by atoms with Crippen LogP contribution in [-0.4, -0.2) is 26.4 Å². The van der Waals surface area contributed by atoms with E-state index in [-0.39, 0.29) is 11.4 Å². The normalized spacial score (nSPS) is 11.6. The van der Waals surface area contributed by atoms with Crippen LogP contribution in [0.25, 0.3) is 0 Å². The fourth-order valence-electron chi connectivity index (χ4n) is 2.04. The maximum Gasteiger partial charge on any atom is 0.243 e. The molecule has 0 atom stereocenters. The van der Waals surface area contributed by atoms with Crippen LogP contribution < -0.4 is 4.74 Å². The Hall–Kier alpha value is -1.92. The van der Waals surface area contributed by atoms with E-state index in [9.17, 15) is 12.8 Å². The Kier molecular flexibility index (Phi) is 5.15. The minimum absolute atomic E-state index is 0.0605. The van der Waals surface area contributed by atoms with Crippen LogP contribution in [0.2, 0.25) is 0 Å². The maximum absolute atomic E-state index is 12.9. The van der Waals surface area contributed by atoms with Crippen molar-refractivity contribution in [2.75, 3.05) is 13.7 Å². The number of para-hydroxylation sites is 1. The number of hydrogen-bond donors (Lipinski definition) is 0. The zero-order valence-electron chi connectivity index (χ0n) is 12.5. The van der Waals surface area contributed by atoms with Crippen LogP contribution in [0.4, 0.5) is 4.39 Å². The van der Waals surface area contributed by atoms with Crippen LogP contribution in [0.3, 0.4) is 0 Å². The second-order valence-corrected chi connectivity index (χ2v) is 6.80. The monoisotopic (exact) mass is 323 g/mol. The van der Waals surface area contributed by atoms with Crippen molar-refractivity contribution in [1.29, 1.82) is 0 Å². The van der Waals surface area contributed by atoms with Crippen LogP contribution in [0.15, 0.2) is 53.4 Å². The van der Waals surface area contributed by atoms with Crippen molar-refractivity contribution >= 4 is 10.0 Å². The third-order valence-electron chi connectivity index (χ3n) is 3.19. The van der Waals surface area contributed by atoms with Gasteiger partial charge in [0, 0.05) is 19.2 Å². The van der Waals surface area contributed by atoms with E-state index >= 15 is 0 Å². The Morgan fingerprint density at radius 2 is 1.73 bits per heavy atom. The molecular formula is C16H18FNO3S. The lowest BCUT2D eigenvalue weighted by Crippen LogP contribution is -2.26. The number of ether oxygens (including phenoxy) is 1. The summed E-state index contributed by atoms with van der Waals surface area (Å²) in [4.78, 5) is 0.0605. The van der Waals surface area contributed by atoms with Crippen LogP contribution in [0.1, 0.15) is 12.5 Å². The highest BCUT2D eigenvalue weighted by Gasteiger charge is 2.21. The van der Waals surface area contributed by atoms with Gasteiger partial charge in [-0.2, -0.15) is 4.31 Å². The van der Waals surface area contributed by atoms with Gasteiger partial charge in [-0.1, -0.05) is 18.2 Å². The molecule has 2 rings (SSSR count). The molecule has 0 amide bonds. The molecule has 0 aliphatic heterocycles. The molecule has 0 saturated carbocycles. The van der Waals surface area contributed by atoms with E-state index in [0.29, 0.717) is 12.4 Å². The Bertz CT molecular complexity index is 729. The van der Waals surface area contributed by atoms with Gasteiger partial charge in [-0.05, 0) is 37.3 Å². The molecule has 0 heterocycles. The lowest BCUT2D eigenvalue weighted by molar-refractivity contribution is 0.332. The second-order valence-electron chi connectivity index (χ2n) is 4.76. The van der Waals surface area contributed by atoms with Gasteiger partial charge < -0.3 is 4.74 Å².